The molecular formula is C18H11F3N2O3. The van der Waals surface area contributed by atoms with Gasteiger partial charge in [0.1, 0.15) is 0 Å². The normalized spacial score (nSPS) is 12.3. The number of carbonyl (C=O) groups excluding carboxylic acids is 1. The summed E-state index contributed by atoms with van der Waals surface area (Å²) < 4.78 is 45.5. The van der Waals surface area contributed by atoms with E-state index < -0.39 is 23.3 Å². The predicted molar refractivity (Wildman–Crippen MR) is 88.6 cm³/mol. The Morgan fingerprint density at radius 1 is 1.23 bits per heavy atom. The maximum absolute atomic E-state index is 13.1. The van der Waals surface area contributed by atoms with Crippen molar-refractivity contribution in [3.05, 3.63) is 58.0 Å². The Balaban J connectivity index is 2.23. The van der Waals surface area contributed by atoms with Gasteiger partial charge in [0.2, 0.25) is 0 Å². The number of aromatic nitrogens is 2. The van der Waals surface area contributed by atoms with Gasteiger partial charge in [-0.15, -0.1) is 0 Å². The highest BCUT2D eigenvalue weighted by molar-refractivity contribution is 6.20. The third kappa shape index (κ3) is 2.22. The number of benzene rings is 1. The molecule has 0 unspecified atom stereocenters. The maximum Gasteiger partial charge on any atom is 0.416 e. The van der Waals surface area contributed by atoms with E-state index in [9.17, 15) is 22.8 Å². The summed E-state index contributed by atoms with van der Waals surface area (Å²) in [5.41, 5.74) is -0.491. The average Bonchev–Trinajstić information content (AvgIpc) is 2.94. The number of hydrogen-bond acceptors (Lipinski definition) is 4. The minimum absolute atomic E-state index is 0.0731. The second-order valence-corrected chi connectivity index (χ2v) is 5.74. The van der Waals surface area contributed by atoms with E-state index in [4.69, 9.17) is 4.74 Å². The van der Waals surface area contributed by atoms with E-state index in [-0.39, 0.29) is 17.7 Å². The third-order valence-electron chi connectivity index (χ3n) is 4.24. The van der Waals surface area contributed by atoms with Crippen LogP contribution in [0.2, 0.25) is 0 Å². The number of ether oxygens (including phenoxy) is 1. The lowest BCUT2D eigenvalue weighted by molar-refractivity contribution is -0.137. The Kier molecular flexibility index (Phi) is 3.40. The van der Waals surface area contributed by atoms with Gasteiger partial charge in [0.05, 0.1) is 34.3 Å². The summed E-state index contributed by atoms with van der Waals surface area (Å²) in [6, 6.07) is 5.81. The molecule has 0 bridgehead atoms. The van der Waals surface area contributed by atoms with E-state index in [1.807, 2.05) is 0 Å². The molecule has 0 atom stereocenters. The molecule has 0 aliphatic heterocycles. The minimum Gasteiger partial charge on any atom is -0.462 e. The van der Waals surface area contributed by atoms with Crippen molar-refractivity contribution in [2.45, 2.75) is 13.1 Å². The first-order valence-corrected chi connectivity index (χ1v) is 7.77. The van der Waals surface area contributed by atoms with E-state index in [1.165, 1.54) is 24.4 Å². The van der Waals surface area contributed by atoms with Gasteiger partial charge in [-0.05, 0) is 25.1 Å². The number of alkyl halides is 3. The first kappa shape index (κ1) is 16.3. The molecule has 0 aliphatic carbocycles. The monoisotopic (exact) mass is 360 g/mol. The molecule has 26 heavy (non-hydrogen) atoms. The quantitative estimate of drug-likeness (QED) is 0.512. The van der Waals surface area contributed by atoms with Crippen molar-refractivity contribution in [1.82, 2.24) is 9.38 Å². The Morgan fingerprint density at radius 2 is 2.00 bits per heavy atom. The van der Waals surface area contributed by atoms with Gasteiger partial charge in [-0.2, -0.15) is 13.2 Å². The number of esters is 1. The van der Waals surface area contributed by atoms with Crippen molar-refractivity contribution in [2.75, 3.05) is 6.61 Å². The zero-order valence-electron chi connectivity index (χ0n) is 13.4. The fourth-order valence-electron chi connectivity index (χ4n) is 3.18. The van der Waals surface area contributed by atoms with Gasteiger partial charge in [0.15, 0.2) is 0 Å². The van der Waals surface area contributed by atoms with Crippen LogP contribution in [0.15, 0.2) is 41.3 Å². The highest BCUT2D eigenvalue weighted by Crippen LogP contribution is 2.36. The number of halogens is 3. The van der Waals surface area contributed by atoms with E-state index in [2.05, 4.69) is 4.98 Å². The minimum atomic E-state index is -4.55. The molecule has 0 saturated carbocycles. The molecule has 3 aromatic heterocycles. The number of pyridine rings is 2. The number of nitrogens with zero attached hydrogens (tertiary/aromatic N) is 2. The molecule has 0 N–H and O–H groups in total. The zero-order chi connectivity index (χ0) is 18.6. The lowest BCUT2D eigenvalue weighted by Crippen LogP contribution is -2.12. The molecule has 8 heteroatoms. The lowest BCUT2D eigenvalue weighted by Gasteiger charge is -2.06. The predicted octanol–water partition coefficient (Wildman–Crippen LogP) is 3.63. The first-order valence-electron chi connectivity index (χ1n) is 7.77. The van der Waals surface area contributed by atoms with Crippen molar-refractivity contribution in [3.8, 4) is 0 Å². The van der Waals surface area contributed by atoms with Gasteiger partial charge in [-0.25, -0.2) is 4.79 Å². The average molecular weight is 360 g/mol. The summed E-state index contributed by atoms with van der Waals surface area (Å²) in [6.07, 6.45) is -3.24. The van der Waals surface area contributed by atoms with Crippen molar-refractivity contribution >= 4 is 33.3 Å². The smallest absolute Gasteiger partial charge is 0.416 e. The van der Waals surface area contributed by atoms with E-state index in [0.29, 0.717) is 21.8 Å². The van der Waals surface area contributed by atoms with Gasteiger partial charge in [-0.3, -0.25) is 14.2 Å². The largest absolute Gasteiger partial charge is 0.462 e. The van der Waals surface area contributed by atoms with E-state index in [0.717, 1.165) is 16.5 Å². The molecule has 0 radical (unpaired) electrons. The number of hydrogen-bond donors (Lipinski definition) is 0. The second-order valence-electron chi connectivity index (χ2n) is 5.74. The van der Waals surface area contributed by atoms with E-state index in [1.54, 1.807) is 6.92 Å². The maximum atomic E-state index is 13.1. The first-order chi connectivity index (χ1) is 12.3. The summed E-state index contributed by atoms with van der Waals surface area (Å²) in [5.74, 6) is -0.646. The second kappa shape index (κ2) is 5.42. The molecule has 5 nitrogen and oxygen atoms in total. The molecule has 1 aromatic carbocycles. The third-order valence-corrected chi connectivity index (χ3v) is 4.24. The number of carbonyl (C=O) groups is 1. The van der Waals surface area contributed by atoms with Crippen LogP contribution < -0.4 is 5.56 Å². The van der Waals surface area contributed by atoms with Crippen LogP contribution in [0.5, 0.6) is 0 Å². The van der Waals surface area contributed by atoms with Gasteiger partial charge in [-0.1, -0.05) is 6.07 Å². The van der Waals surface area contributed by atoms with Gasteiger partial charge < -0.3 is 4.74 Å². The highest BCUT2D eigenvalue weighted by atomic mass is 19.4. The van der Waals surface area contributed by atoms with Gasteiger partial charge in [0.25, 0.3) is 5.56 Å². The van der Waals surface area contributed by atoms with Crippen LogP contribution in [0.4, 0.5) is 13.2 Å². The number of rotatable bonds is 2. The molecule has 3 heterocycles. The van der Waals surface area contributed by atoms with Crippen LogP contribution in [-0.4, -0.2) is 22.0 Å². The molecule has 0 saturated heterocycles. The van der Waals surface area contributed by atoms with Crippen LogP contribution in [0.1, 0.15) is 22.8 Å². The Bertz CT molecular complexity index is 1230. The van der Waals surface area contributed by atoms with Crippen molar-refractivity contribution in [2.24, 2.45) is 0 Å². The van der Waals surface area contributed by atoms with Crippen LogP contribution in [0.3, 0.4) is 0 Å². The molecule has 0 fully saturated rings. The summed E-state index contributed by atoms with van der Waals surface area (Å²) in [4.78, 5) is 28.8. The Morgan fingerprint density at radius 3 is 2.69 bits per heavy atom. The van der Waals surface area contributed by atoms with Gasteiger partial charge >= 0.3 is 12.1 Å². The molecule has 0 amide bonds. The fraction of sp³-hybridized carbons (Fsp3) is 0.167. The summed E-state index contributed by atoms with van der Waals surface area (Å²) in [5, 5.41) is 0.714. The molecular weight excluding hydrogens is 349 g/mol. The van der Waals surface area contributed by atoms with Crippen LogP contribution in [-0.2, 0) is 10.9 Å². The topological polar surface area (TPSA) is 60.7 Å². The molecule has 0 aliphatic rings. The Hall–Kier alpha value is -3.16. The summed E-state index contributed by atoms with van der Waals surface area (Å²) in [7, 11) is 0. The Labute approximate surface area is 144 Å². The van der Waals surface area contributed by atoms with Crippen LogP contribution >= 0.6 is 0 Å². The molecule has 132 valence electrons. The molecule has 0 spiro atoms. The summed E-state index contributed by atoms with van der Waals surface area (Å²) in [6.45, 7) is 1.78. The SMILES string of the molecule is CCOC(=O)c1cnc2ccc(=O)n3c4cc(C(F)(F)F)ccc4c1c23. The van der Waals surface area contributed by atoms with Crippen molar-refractivity contribution in [1.29, 1.82) is 0 Å². The van der Waals surface area contributed by atoms with Crippen molar-refractivity contribution in [3.63, 3.8) is 0 Å². The van der Waals surface area contributed by atoms with E-state index >= 15 is 0 Å². The zero-order valence-corrected chi connectivity index (χ0v) is 13.4. The lowest BCUT2D eigenvalue weighted by atomic mass is 10.1. The highest BCUT2D eigenvalue weighted by Gasteiger charge is 2.31. The van der Waals surface area contributed by atoms with Crippen LogP contribution in [0.25, 0.3) is 27.3 Å². The molecule has 4 rings (SSSR count). The molecule has 4 aromatic rings. The standard InChI is InChI=1S/C18H11F3N2O3/c1-2-26-17(25)11-8-22-12-5-6-14(24)23-13-7-9(18(19,20)21)3-4-10(13)15(11)16(12)23/h3-8H,2H2,1H3. The van der Waals surface area contributed by atoms with Crippen LogP contribution in [0, 0.1) is 0 Å². The van der Waals surface area contributed by atoms with Gasteiger partial charge in [0, 0.05) is 23.0 Å². The van der Waals surface area contributed by atoms with Crippen molar-refractivity contribution < 1.29 is 22.7 Å². The number of fused-ring (bicyclic) bond motifs is 3. The fourth-order valence-corrected chi connectivity index (χ4v) is 3.18. The summed E-state index contributed by atoms with van der Waals surface area (Å²) >= 11 is 0.